The van der Waals surface area contributed by atoms with E-state index in [0.717, 1.165) is 10.8 Å². The predicted molar refractivity (Wildman–Crippen MR) is 86.8 cm³/mol. The monoisotopic (exact) mass is 295 g/mol. The highest BCUT2D eigenvalue weighted by molar-refractivity contribution is 5.95. The van der Waals surface area contributed by atoms with E-state index in [4.69, 9.17) is 5.11 Å². The van der Waals surface area contributed by atoms with E-state index in [1.165, 1.54) is 0 Å². The lowest BCUT2D eigenvalue weighted by Crippen LogP contribution is -1.75. The quantitative estimate of drug-likeness (QED) is 0.690. The van der Waals surface area contributed by atoms with E-state index in [1.807, 2.05) is 42.5 Å². The molecule has 0 aliphatic rings. The third-order valence-electron chi connectivity index (χ3n) is 2.78. The first kappa shape index (κ1) is 15.6. The molecule has 3 rings (SSSR count). The summed E-state index contributed by atoms with van der Waals surface area (Å²) < 4.78 is 0. The number of fused-ring (bicyclic) bond motifs is 1. The van der Waals surface area contributed by atoms with Crippen molar-refractivity contribution in [1.82, 2.24) is 4.98 Å². The summed E-state index contributed by atoms with van der Waals surface area (Å²) in [5.74, 6) is 0.619. The first-order chi connectivity index (χ1) is 10.8. The number of phenols is 1. The number of nitrogens with zero attached hydrogens (tertiary/aromatic N) is 3. The highest BCUT2D eigenvalue weighted by Crippen LogP contribution is 2.35. The van der Waals surface area contributed by atoms with Gasteiger partial charge in [0.15, 0.2) is 5.82 Å². The molecule has 2 aromatic carbocycles. The maximum Gasteiger partial charge on any atom is 0.174 e. The molecule has 0 unspecified atom stereocenters. The number of hydrogen-bond donors (Lipinski definition) is 2. The van der Waals surface area contributed by atoms with Crippen molar-refractivity contribution in [2.45, 2.75) is 6.92 Å². The van der Waals surface area contributed by atoms with Crippen molar-refractivity contribution in [2.24, 2.45) is 10.2 Å². The molecule has 2 N–H and O–H groups in total. The predicted octanol–water partition coefficient (Wildman–Crippen LogP) is 4.35. The topological polar surface area (TPSA) is 78.1 Å². The van der Waals surface area contributed by atoms with Gasteiger partial charge in [0.25, 0.3) is 0 Å². The molecule has 1 aromatic heterocycles. The Balaban J connectivity index is 0.000000545. The van der Waals surface area contributed by atoms with E-state index in [1.54, 1.807) is 25.3 Å². The van der Waals surface area contributed by atoms with E-state index < -0.39 is 0 Å². The molecule has 0 fully saturated rings. The number of azo groups is 1. The summed E-state index contributed by atoms with van der Waals surface area (Å²) in [5.41, 5.74) is 0.462. The molecule has 22 heavy (non-hydrogen) atoms. The van der Waals surface area contributed by atoms with Gasteiger partial charge >= 0.3 is 0 Å². The van der Waals surface area contributed by atoms with Crippen molar-refractivity contribution in [1.29, 1.82) is 0 Å². The number of aliphatic hydroxyl groups is 1. The maximum atomic E-state index is 9.91. The summed E-state index contributed by atoms with van der Waals surface area (Å²) in [6, 6.07) is 16.6. The second kappa shape index (κ2) is 7.85. The second-order valence-corrected chi connectivity index (χ2v) is 4.36. The highest BCUT2D eigenvalue weighted by Gasteiger charge is 2.05. The van der Waals surface area contributed by atoms with Gasteiger partial charge in [0.1, 0.15) is 11.4 Å². The van der Waals surface area contributed by atoms with Crippen molar-refractivity contribution < 1.29 is 10.2 Å². The molecule has 0 amide bonds. The van der Waals surface area contributed by atoms with Gasteiger partial charge in [0.05, 0.1) is 0 Å². The summed E-state index contributed by atoms with van der Waals surface area (Å²) in [6.45, 7) is 1.93. The molecule has 0 bridgehead atoms. The number of rotatable bonds is 2. The normalized spacial score (nSPS) is 10.5. The molecule has 1 heterocycles. The molecule has 0 aliphatic heterocycles. The van der Waals surface area contributed by atoms with Crippen molar-refractivity contribution in [2.75, 3.05) is 6.61 Å². The van der Waals surface area contributed by atoms with Crippen LogP contribution in [0.3, 0.4) is 0 Å². The van der Waals surface area contributed by atoms with Gasteiger partial charge in [-0.3, -0.25) is 0 Å². The van der Waals surface area contributed by atoms with Crippen molar-refractivity contribution >= 4 is 22.3 Å². The summed E-state index contributed by atoms with van der Waals surface area (Å²) in [6.07, 6.45) is 1.65. The Morgan fingerprint density at radius 1 is 0.955 bits per heavy atom. The Morgan fingerprint density at radius 2 is 1.68 bits per heavy atom. The van der Waals surface area contributed by atoms with Gasteiger partial charge < -0.3 is 10.2 Å². The minimum atomic E-state index is 0.110. The van der Waals surface area contributed by atoms with E-state index in [9.17, 15) is 5.11 Å². The minimum absolute atomic E-state index is 0.110. The molecule has 3 aromatic rings. The summed E-state index contributed by atoms with van der Waals surface area (Å²) in [5, 5.41) is 27.5. The molecule has 0 spiro atoms. The van der Waals surface area contributed by atoms with Crippen LogP contribution >= 0.6 is 0 Å². The lowest BCUT2D eigenvalue weighted by molar-refractivity contribution is 0.318. The molecule has 5 nitrogen and oxygen atoms in total. The van der Waals surface area contributed by atoms with Crippen LogP contribution in [-0.2, 0) is 0 Å². The number of phenolic OH excluding ortho intramolecular Hbond substituents is 1. The van der Waals surface area contributed by atoms with Gasteiger partial charge in [0, 0.05) is 18.2 Å². The molecular weight excluding hydrogens is 278 g/mol. The first-order valence-corrected chi connectivity index (χ1v) is 6.90. The average molecular weight is 295 g/mol. The van der Waals surface area contributed by atoms with Crippen molar-refractivity contribution in [3.05, 3.63) is 60.8 Å². The third kappa shape index (κ3) is 3.86. The lowest BCUT2D eigenvalue weighted by atomic mass is 10.1. The largest absolute Gasteiger partial charge is 0.506 e. The summed E-state index contributed by atoms with van der Waals surface area (Å²) in [7, 11) is 0. The molecule has 0 radical (unpaired) electrons. The van der Waals surface area contributed by atoms with Crippen LogP contribution in [0.5, 0.6) is 5.75 Å². The van der Waals surface area contributed by atoms with Crippen LogP contribution in [0.1, 0.15) is 6.92 Å². The first-order valence-electron chi connectivity index (χ1n) is 6.90. The van der Waals surface area contributed by atoms with E-state index in [0.29, 0.717) is 11.5 Å². The van der Waals surface area contributed by atoms with Crippen LogP contribution in [0, 0.1) is 0 Å². The van der Waals surface area contributed by atoms with Crippen LogP contribution in [0.2, 0.25) is 0 Å². The van der Waals surface area contributed by atoms with Crippen LogP contribution in [0.25, 0.3) is 10.8 Å². The fraction of sp³-hybridized carbons (Fsp3) is 0.118. The van der Waals surface area contributed by atoms with Gasteiger partial charge in [-0.2, -0.15) is 0 Å². The van der Waals surface area contributed by atoms with Gasteiger partial charge in [-0.1, -0.05) is 36.4 Å². The summed E-state index contributed by atoms with van der Waals surface area (Å²) in [4.78, 5) is 4.06. The highest BCUT2D eigenvalue weighted by atomic mass is 16.3. The lowest BCUT2D eigenvalue weighted by Gasteiger charge is -2.03. The second-order valence-electron chi connectivity index (χ2n) is 4.36. The van der Waals surface area contributed by atoms with Gasteiger partial charge in [0.2, 0.25) is 0 Å². The molecule has 0 atom stereocenters. The van der Waals surface area contributed by atoms with Gasteiger partial charge in [-0.05, 0) is 30.5 Å². The smallest absolute Gasteiger partial charge is 0.174 e. The number of benzene rings is 2. The van der Waals surface area contributed by atoms with Crippen LogP contribution in [0.4, 0.5) is 11.5 Å². The number of pyridine rings is 1. The van der Waals surface area contributed by atoms with Crippen LogP contribution < -0.4 is 0 Å². The number of aromatic nitrogens is 1. The minimum Gasteiger partial charge on any atom is -0.506 e. The average Bonchev–Trinajstić information content (AvgIpc) is 2.56. The van der Waals surface area contributed by atoms with E-state index >= 15 is 0 Å². The zero-order chi connectivity index (χ0) is 15.8. The van der Waals surface area contributed by atoms with E-state index in [-0.39, 0.29) is 12.4 Å². The standard InChI is InChI=1S/C15H11N3O.C2H6O/c19-13-9-8-11-5-1-2-6-12(11)15(13)18-17-14-7-3-4-10-16-14;1-2-3/h1-10,19H;3H,2H2,1H3. The van der Waals surface area contributed by atoms with Gasteiger partial charge in [-0.15, -0.1) is 10.2 Å². The number of hydrogen-bond acceptors (Lipinski definition) is 5. The van der Waals surface area contributed by atoms with E-state index in [2.05, 4.69) is 15.2 Å². The number of aliphatic hydroxyl groups excluding tert-OH is 1. The van der Waals surface area contributed by atoms with Crippen LogP contribution in [0.15, 0.2) is 71.0 Å². The molecular formula is C17H17N3O2. The van der Waals surface area contributed by atoms with Crippen molar-refractivity contribution in [3.8, 4) is 5.75 Å². The Morgan fingerprint density at radius 3 is 2.41 bits per heavy atom. The molecule has 0 aliphatic carbocycles. The molecule has 0 saturated heterocycles. The Bertz CT molecular complexity index is 758. The third-order valence-corrected chi connectivity index (χ3v) is 2.78. The Hall–Kier alpha value is -2.79. The molecule has 5 heteroatoms. The van der Waals surface area contributed by atoms with Crippen molar-refractivity contribution in [3.63, 3.8) is 0 Å². The Kier molecular flexibility index (Phi) is 5.57. The fourth-order valence-corrected chi connectivity index (χ4v) is 1.86. The van der Waals surface area contributed by atoms with Crippen LogP contribution in [-0.4, -0.2) is 21.8 Å². The fourth-order valence-electron chi connectivity index (χ4n) is 1.86. The SMILES string of the molecule is CCO.Oc1ccc2ccccc2c1N=Nc1ccccn1. The maximum absolute atomic E-state index is 9.91. The van der Waals surface area contributed by atoms with Gasteiger partial charge in [-0.25, -0.2) is 4.98 Å². The molecule has 0 saturated carbocycles. The number of aromatic hydroxyl groups is 1. The Labute approximate surface area is 128 Å². The molecule has 112 valence electrons. The zero-order valence-corrected chi connectivity index (χ0v) is 12.2. The summed E-state index contributed by atoms with van der Waals surface area (Å²) >= 11 is 0. The zero-order valence-electron chi connectivity index (χ0n) is 12.2.